The van der Waals surface area contributed by atoms with Crippen molar-refractivity contribution in [3.8, 4) is 11.5 Å². The van der Waals surface area contributed by atoms with E-state index in [-0.39, 0.29) is 6.42 Å². The molecule has 1 amide bonds. The number of alkyl carbamates (subject to hydrolysis) is 1. The zero-order valence-electron chi connectivity index (χ0n) is 19.3. The van der Waals surface area contributed by atoms with Crippen molar-refractivity contribution in [2.75, 3.05) is 14.2 Å². The number of ether oxygens (including phenoxy) is 4. The zero-order chi connectivity index (χ0) is 23.9. The Morgan fingerprint density at radius 2 is 1.75 bits per heavy atom. The van der Waals surface area contributed by atoms with Crippen molar-refractivity contribution in [1.82, 2.24) is 5.32 Å². The molecule has 0 aliphatic heterocycles. The average Bonchev–Trinajstić information content (AvgIpc) is 2.73. The van der Waals surface area contributed by atoms with Crippen LogP contribution >= 0.6 is 22.6 Å². The molecule has 32 heavy (non-hydrogen) atoms. The second-order valence-electron chi connectivity index (χ2n) is 8.23. The van der Waals surface area contributed by atoms with Crippen molar-refractivity contribution in [3.05, 3.63) is 56.7 Å². The molecule has 174 valence electrons. The van der Waals surface area contributed by atoms with E-state index in [1.165, 1.54) is 7.11 Å². The molecule has 2 rings (SSSR count). The molecular weight excluding hydrogens is 525 g/mol. The van der Waals surface area contributed by atoms with Crippen molar-refractivity contribution < 1.29 is 28.5 Å². The lowest BCUT2D eigenvalue weighted by Gasteiger charge is -2.23. The summed E-state index contributed by atoms with van der Waals surface area (Å²) >= 11 is 2.17. The fourth-order valence-electron chi connectivity index (χ4n) is 3.08. The fourth-order valence-corrected chi connectivity index (χ4v) is 3.86. The normalized spacial score (nSPS) is 12.0. The highest BCUT2D eigenvalue weighted by Crippen LogP contribution is 2.39. The summed E-state index contributed by atoms with van der Waals surface area (Å²) in [5, 5.41) is 2.61. The number of nitrogens with one attached hydrogen (secondary N) is 1. The predicted molar refractivity (Wildman–Crippen MR) is 130 cm³/mol. The van der Waals surface area contributed by atoms with Gasteiger partial charge in [0.25, 0.3) is 0 Å². The monoisotopic (exact) mass is 555 g/mol. The summed E-state index contributed by atoms with van der Waals surface area (Å²) in [6.45, 7) is 7.54. The molecule has 0 aromatic heterocycles. The van der Waals surface area contributed by atoms with Gasteiger partial charge in [-0.25, -0.2) is 9.59 Å². The van der Waals surface area contributed by atoms with Gasteiger partial charge in [0.2, 0.25) is 0 Å². The average molecular weight is 555 g/mol. The van der Waals surface area contributed by atoms with Gasteiger partial charge in [0.1, 0.15) is 18.2 Å². The molecule has 1 N–H and O–H groups in total. The highest BCUT2D eigenvalue weighted by molar-refractivity contribution is 14.1. The smallest absolute Gasteiger partial charge is 0.408 e. The van der Waals surface area contributed by atoms with Crippen LogP contribution in [0.15, 0.2) is 36.4 Å². The first-order valence-electron chi connectivity index (χ1n) is 10.2. The van der Waals surface area contributed by atoms with Crippen molar-refractivity contribution in [2.24, 2.45) is 0 Å². The van der Waals surface area contributed by atoms with Crippen molar-refractivity contribution in [1.29, 1.82) is 0 Å². The third-order valence-corrected chi connectivity index (χ3v) is 5.65. The second-order valence-corrected chi connectivity index (χ2v) is 9.31. The lowest BCUT2D eigenvalue weighted by atomic mass is 10.0. The highest BCUT2D eigenvalue weighted by Gasteiger charge is 2.27. The summed E-state index contributed by atoms with van der Waals surface area (Å²) in [6.07, 6.45) is -0.481. The Morgan fingerprint density at radius 1 is 1.09 bits per heavy atom. The molecule has 0 fully saturated rings. The lowest BCUT2D eigenvalue weighted by Crippen LogP contribution is -2.45. The number of carbonyl (C=O) groups is 2. The Labute approximate surface area is 202 Å². The molecular formula is C24H30INO6. The Morgan fingerprint density at radius 3 is 2.31 bits per heavy atom. The van der Waals surface area contributed by atoms with E-state index < -0.39 is 23.7 Å². The highest BCUT2D eigenvalue weighted by atomic mass is 127. The Balaban J connectivity index is 2.32. The van der Waals surface area contributed by atoms with Crippen LogP contribution in [0.5, 0.6) is 11.5 Å². The van der Waals surface area contributed by atoms with Crippen LogP contribution in [0.3, 0.4) is 0 Å². The first-order valence-corrected chi connectivity index (χ1v) is 11.2. The van der Waals surface area contributed by atoms with Gasteiger partial charge in [0, 0.05) is 6.42 Å². The van der Waals surface area contributed by atoms with E-state index in [0.717, 1.165) is 20.3 Å². The van der Waals surface area contributed by atoms with Crippen molar-refractivity contribution in [2.45, 2.75) is 52.4 Å². The number of rotatable bonds is 8. The summed E-state index contributed by atoms with van der Waals surface area (Å²) in [4.78, 5) is 24.7. The third-order valence-electron chi connectivity index (χ3n) is 4.47. The molecule has 2 aromatic rings. The molecule has 0 radical (unpaired) electrons. The van der Waals surface area contributed by atoms with E-state index in [2.05, 4.69) is 27.9 Å². The number of hydrogen-bond acceptors (Lipinski definition) is 6. The Kier molecular flexibility index (Phi) is 9.18. The van der Waals surface area contributed by atoms with Gasteiger partial charge in [-0.15, -0.1) is 0 Å². The minimum absolute atomic E-state index is 0.205. The molecule has 0 spiro atoms. The number of halogens is 1. The molecule has 0 unspecified atom stereocenters. The first-order chi connectivity index (χ1) is 15.1. The minimum atomic E-state index is -0.918. The van der Waals surface area contributed by atoms with Gasteiger partial charge in [-0.3, -0.25) is 0 Å². The van der Waals surface area contributed by atoms with Crippen LogP contribution in [-0.2, 0) is 27.3 Å². The van der Waals surface area contributed by atoms with E-state index in [1.54, 1.807) is 27.9 Å². The molecule has 8 heteroatoms. The standard InChI is InChI=1S/C24H30INO6/c1-15-12-17(13-18(22(27)30-6)26-23(28)32-24(2,3)4)19(25)21(20(15)29-5)31-14-16-10-8-7-9-11-16/h7-12,18H,13-14H2,1-6H3,(H,26,28)/t18-/m0/s1. The van der Waals surface area contributed by atoms with E-state index in [1.807, 2.05) is 43.3 Å². The Bertz CT molecular complexity index is 940. The van der Waals surface area contributed by atoms with E-state index in [4.69, 9.17) is 18.9 Å². The first kappa shape index (κ1) is 25.8. The van der Waals surface area contributed by atoms with Gasteiger partial charge < -0.3 is 24.3 Å². The van der Waals surface area contributed by atoms with Crippen LogP contribution in [0.1, 0.15) is 37.5 Å². The maximum absolute atomic E-state index is 12.4. The number of amides is 1. The van der Waals surface area contributed by atoms with Crippen molar-refractivity contribution in [3.63, 3.8) is 0 Å². The number of methoxy groups -OCH3 is 2. The number of benzene rings is 2. The molecule has 0 heterocycles. The maximum Gasteiger partial charge on any atom is 0.408 e. The summed E-state index contributed by atoms with van der Waals surface area (Å²) in [5.41, 5.74) is 2.01. The lowest BCUT2D eigenvalue weighted by molar-refractivity contribution is -0.143. The molecule has 0 bridgehead atoms. The van der Waals surface area contributed by atoms with Gasteiger partial charge in [-0.05, 0) is 67.0 Å². The maximum atomic E-state index is 12.4. The summed E-state index contributed by atoms with van der Waals surface area (Å²) in [5.74, 6) is 0.656. The van der Waals surface area contributed by atoms with E-state index >= 15 is 0 Å². The topological polar surface area (TPSA) is 83.1 Å². The minimum Gasteiger partial charge on any atom is -0.493 e. The predicted octanol–water partition coefficient (Wildman–Crippen LogP) is 4.80. The molecule has 1 atom stereocenters. The van der Waals surface area contributed by atoms with Crippen LogP contribution in [0.4, 0.5) is 4.79 Å². The quantitative estimate of drug-likeness (QED) is 0.373. The summed E-state index contributed by atoms with van der Waals surface area (Å²) in [7, 11) is 2.87. The van der Waals surface area contributed by atoms with Crippen LogP contribution in [0.2, 0.25) is 0 Å². The number of carbonyl (C=O) groups excluding carboxylic acids is 2. The molecule has 0 saturated heterocycles. The summed E-state index contributed by atoms with van der Waals surface area (Å²) < 4.78 is 22.7. The largest absolute Gasteiger partial charge is 0.493 e. The van der Waals surface area contributed by atoms with Crippen molar-refractivity contribution >= 4 is 34.7 Å². The van der Waals surface area contributed by atoms with Crippen LogP contribution in [-0.4, -0.2) is 37.9 Å². The van der Waals surface area contributed by atoms with Gasteiger partial charge in [-0.2, -0.15) is 0 Å². The molecule has 0 aliphatic rings. The summed E-state index contributed by atoms with van der Waals surface area (Å²) in [6, 6.07) is 10.8. The fraction of sp³-hybridized carbons (Fsp3) is 0.417. The van der Waals surface area contributed by atoms with E-state index in [0.29, 0.717) is 18.1 Å². The molecule has 0 saturated carbocycles. The molecule has 2 aromatic carbocycles. The SMILES string of the molecule is COC(=O)[C@H](Cc1cc(C)c(OC)c(OCc2ccccc2)c1I)NC(=O)OC(C)(C)C. The van der Waals surface area contributed by atoms with Gasteiger partial charge in [-0.1, -0.05) is 36.4 Å². The van der Waals surface area contributed by atoms with Gasteiger partial charge >= 0.3 is 12.1 Å². The number of esters is 1. The second kappa shape index (κ2) is 11.4. The number of hydrogen-bond donors (Lipinski definition) is 1. The Hall–Kier alpha value is -2.49. The third kappa shape index (κ3) is 7.29. The zero-order valence-corrected chi connectivity index (χ0v) is 21.4. The molecule has 0 aliphatic carbocycles. The molecule has 7 nitrogen and oxygen atoms in total. The van der Waals surface area contributed by atoms with Crippen LogP contribution in [0, 0.1) is 10.5 Å². The van der Waals surface area contributed by atoms with Gasteiger partial charge in [0.05, 0.1) is 17.8 Å². The number of aryl methyl sites for hydroxylation is 1. The van der Waals surface area contributed by atoms with E-state index in [9.17, 15) is 9.59 Å². The van der Waals surface area contributed by atoms with Crippen LogP contribution in [0.25, 0.3) is 0 Å². The van der Waals surface area contributed by atoms with Crippen LogP contribution < -0.4 is 14.8 Å². The van der Waals surface area contributed by atoms with Gasteiger partial charge in [0.15, 0.2) is 11.5 Å².